The van der Waals surface area contributed by atoms with E-state index in [0.29, 0.717) is 29.7 Å². The summed E-state index contributed by atoms with van der Waals surface area (Å²) in [7, 11) is 0. The molecule has 1 aliphatic carbocycles. The molecule has 1 aromatic heterocycles. The molecule has 3 rings (SSSR count). The van der Waals surface area contributed by atoms with Crippen molar-refractivity contribution >= 4 is 11.5 Å². The van der Waals surface area contributed by atoms with Crippen molar-refractivity contribution in [3.63, 3.8) is 0 Å². The van der Waals surface area contributed by atoms with Gasteiger partial charge in [0.25, 0.3) is 5.82 Å². The summed E-state index contributed by atoms with van der Waals surface area (Å²) < 4.78 is 43.6. The molecule has 0 spiro atoms. The number of alkyl halides is 3. The number of rotatable bonds is 5. The number of allylic oxidation sites excluding steroid dienone is 3. The maximum absolute atomic E-state index is 12.5. The molecule has 0 fully saturated rings. The summed E-state index contributed by atoms with van der Waals surface area (Å²) in [5.74, 6) is -1.42. The molecular weight excluding hydrogens is 351 g/mol. The van der Waals surface area contributed by atoms with Gasteiger partial charge in [-0.3, -0.25) is 0 Å². The van der Waals surface area contributed by atoms with Crippen molar-refractivity contribution in [2.45, 2.75) is 19.0 Å². The number of hydrogen-bond acceptors (Lipinski definition) is 4. The largest absolute Gasteiger partial charge is 0.484 e. The second-order valence-corrected chi connectivity index (χ2v) is 5.54. The third kappa shape index (κ3) is 4.11. The van der Waals surface area contributed by atoms with Gasteiger partial charge >= 0.3 is 12.1 Å². The van der Waals surface area contributed by atoms with Crippen molar-refractivity contribution in [2.24, 2.45) is 0 Å². The SMILES string of the molecule is O=C(O)c1ncn(-c2cccc(C3=CCCC=C3OCC(F)(F)F)c2)n1. The summed E-state index contributed by atoms with van der Waals surface area (Å²) in [6.45, 7) is -1.36. The maximum atomic E-state index is 12.5. The number of nitrogens with zero attached hydrogens (tertiary/aromatic N) is 3. The van der Waals surface area contributed by atoms with E-state index in [2.05, 4.69) is 10.1 Å². The van der Waals surface area contributed by atoms with E-state index in [1.54, 1.807) is 30.3 Å². The van der Waals surface area contributed by atoms with Gasteiger partial charge in [0.15, 0.2) is 6.61 Å². The molecular formula is C17H14F3N3O3. The predicted molar refractivity (Wildman–Crippen MR) is 85.6 cm³/mol. The quantitative estimate of drug-likeness (QED) is 0.876. The summed E-state index contributed by atoms with van der Waals surface area (Å²) in [6.07, 6.45) is 1.57. The van der Waals surface area contributed by atoms with E-state index in [4.69, 9.17) is 9.84 Å². The van der Waals surface area contributed by atoms with Crippen LogP contribution in [-0.2, 0) is 4.74 Å². The van der Waals surface area contributed by atoms with E-state index < -0.39 is 18.8 Å². The van der Waals surface area contributed by atoms with Crippen molar-refractivity contribution in [1.29, 1.82) is 0 Å². The Balaban J connectivity index is 1.87. The molecule has 26 heavy (non-hydrogen) atoms. The highest BCUT2D eigenvalue weighted by Crippen LogP contribution is 2.31. The molecule has 1 aliphatic rings. The monoisotopic (exact) mass is 365 g/mol. The second-order valence-electron chi connectivity index (χ2n) is 5.54. The Kier molecular flexibility index (Phi) is 4.79. The van der Waals surface area contributed by atoms with Crippen LogP contribution in [0.15, 0.2) is 48.5 Å². The summed E-state index contributed by atoms with van der Waals surface area (Å²) in [5.41, 5.74) is 1.73. The van der Waals surface area contributed by atoms with Crippen molar-refractivity contribution in [3.8, 4) is 5.69 Å². The molecule has 2 aromatic rings. The fraction of sp³-hybridized carbons (Fsp3) is 0.235. The highest BCUT2D eigenvalue weighted by atomic mass is 19.4. The average molecular weight is 365 g/mol. The molecule has 1 aromatic carbocycles. The lowest BCUT2D eigenvalue weighted by Crippen LogP contribution is -2.17. The van der Waals surface area contributed by atoms with E-state index in [9.17, 15) is 18.0 Å². The molecule has 1 N–H and O–H groups in total. The van der Waals surface area contributed by atoms with Gasteiger partial charge in [0.05, 0.1) is 5.69 Å². The Hall–Kier alpha value is -3.10. The van der Waals surface area contributed by atoms with Gasteiger partial charge in [0, 0.05) is 5.57 Å². The summed E-state index contributed by atoms with van der Waals surface area (Å²) in [4.78, 5) is 14.6. The first kappa shape index (κ1) is 17.7. The Morgan fingerprint density at radius 1 is 1.27 bits per heavy atom. The van der Waals surface area contributed by atoms with E-state index in [1.165, 1.54) is 11.0 Å². The highest BCUT2D eigenvalue weighted by Gasteiger charge is 2.29. The van der Waals surface area contributed by atoms with Gasteiger partial charge in [0.1, 0.15) is 12.1 Å². The van der Waals surface area contributed by atoms with Gasteiger partial charge in [-0.15, -0.1) is 5.10 Å². The fourth-order valence-electron chi connectivity index (χ4n) is 2.51. The van der Waals surface area contributed by atoms with E-state index >= 15 is 0 Å². The molecule has 1 heterocycles. The molecule has 0 radical (unpaired) electrons. The van der Waals surface area contributed by atoms with Crippen LogP contribution in [0.25, 0.3) is 11.3 Å². The average Bonchev–Trinajstić information content (AvgIpc) is 3.10. The Labute approximate surface area is 146 Å². The standard InChI is InChI=1S/C17H14F3N3O3/c18-17(19,20)9-26-14-7-2-1-6-13(14)11-4-3-5-12(8-11)23-10-21-15(22-23)16(24)25/h3-8,10H,1-2,9H2,(H,24,25). The normalized spacial score (nSPS) is 14.6. The molecule has 9 heteroatoms. The molecule has 0 bridgehead atoms. The van der Waals surface area contributed by atoms with Crippen LogP contribution < -0.4 is 0 Å². The van der Waals surface area contributed by atoms with Gasteiger partial charge in [0.2, 0.25) is 0 Å². The minimum Gasteiger partial charge on any atom is -0.484 e. The van der Waals surface area contributed by atoms with Crippen LogP contribution in [0.5, 0.6) is 0 Å². The van der Waals surface area contributed by atoms with Crippen molar-refractivity contribution in [1.82, 2.24) is 14.8 Å². The van der Waals surface area contributed by atoms with Crippen molar-refractivity contribution < 1.29 is 27.8 Å². The first-order chi connectivity index (χ1) is 12.3. The molecule has 0 saturated carbocycles. The minimum absolute atomic E-state index is 0.176. The first-order valence-electron chi connectivity index (χ1n) is 7.69. The summed E-state index contributed by atoms with van der Waals surface area (Å²) in [6, 6.07) is 6.81. The van der Waals surface area contributed by atoms with Crippen LogP contribution in [0.1, 0.15) is 29.0 Å². The lowest BCUT2D eigenvalue weighted by atomic mass is 9.97. The van der Waals surface area contributed by atoms with Crippen molar-refractivity contribution in [3.05, 3.63) is 59.9 Å². The zero-order chi connectivity index (χ0) is 18.7. The second kappa shape index (κ2) is 7.03. The number of ether oxygens (including phenoxy) is 1. The van der Waals surface area contributed by atoms with E-state index in [0.717, 1.165) is 0 Å². The Bertz CT molecular complexity index is 885. The van der Waals surface area contributed by atoms with Gasteiger partial charge in [-0.25, -0.2) is 14.5 Å². The fourth-order valence-corrected chi connectivity index (χ4v) is 2.51. The number of halogens is 3. The molecule has 0 unspecified atom stereocenters. The predicted octanol–water partition coefficient (Wildman–Crippen LogP) is 3.61. The first-order valence-corrected chi connectivity index (χ1v) is 7.69. The van der Waals surface area contributed by atoms with Crippen LogP contribution >= 0.6 is 0 Å². The van der Waals surface area contributed by atoms with Gasteiger partial charge in [-0.2, -0.15) is 13.2 Å². The van der Waals surface area contributed by atoms with Crippen LogP contribution in [-0.4, -0.2) is 38.6 Å². The molecule has 0 amide bonds. The smallest absolute Gasteiger partial charge is 0.422 e. The number of aromatic carboxylic acids is 1. The topological polar surface area (TPSA) is 77.2 Å². The number of carboxylic acid groups (broad SMARTS) is 1. The molecule has 0 aliphatic heterocycles. The maximum Gasteiger partial charge on any atom is 0.422 e. The minimum atomic E-state index is -4.42. The van der Waals surface area contributed by atoms with Crippen LogP contribution in [0, 0.1) is 0 Å². The summed E-state index contributed by atoms with van der Waals surface area (Å²) >= 11 is 0. The van der Waals surface area contributed by atoms with Crippen molar-refractivity contribution in [2.75, 3.05) is 6.61 Å². The Morgan fingerprint density at radius 3 is 2.73 bits per heavy atom. The third-order valence-electron chi connectivity index (χ3n) is 3.61. The van der Waals surface area contributed by atoms with Crippen LogP contribution in [0.4, 0.5) is 13.2 Å². The van der Waals surface area contributed by atoms with E-state index in [-0.39, 0.29) is 11.6 Å². The van der Waals surface area contributed by atoms with E-state index in [1.807, 2.05) is 6.08 Å². The lowest BCUT2D eigenvalue weighted by molar-refractivity contribution is -0.163. The van der Waals surface area contributed by atoms with Gasteiger partial charge in [-0.05, 0) is 36.6 Å². The molecule has 0 saturated heterocycles. The number of carboxylic acids is 1. The third-order valence-corrected chi connectivity index (χ3v) is 3.61. The number of carbonyl (C=O) groups is 1. The number of aromatic nitrogens is 3. The number of hydrogen-bond donors (Lipinski definition) is 1. The lowest BCUT2D eigenvalue weighted by Gasteiger charge is -2.19. The van der Waals surface area contributed by atoms with Gasteiger partial charge in [-0.1, -0.05) is 18.2 Å². The molecule has 6 nitrogen and oxygen atoms in total. The molecule has 136 valence electrons. The highest BCUT2D eigenvalue weighted by molar-refractivity contribution is 5.83. The zero-order valence-corrected chi connectivity index (χ0v) is 13.4. The van der Waals surface area contributed by atoms with Gasteiger partial charge < -0.3 is 9.84 Å². The molecule has 0 atom stereocenters. The van der Waals surface area contributed by atoms with Crippen LogP contribution in [0.3, 0.4) is 0 Å². The van der Waals surface area contributed by atoms with Crippen LogP contribution in [0.2, 0.25) is 0 Å². The summed E-state index contributed by atoms with van der Waals surface area (Å²) in [5, 5.41) is 12.7. The zero-order valence-electron chi connectivity index (χ0n) is 13.4. The Morgan fingerprint density at radius 2 is 2.04 bits per heavy atom. The number of benzene rings is 1.